The van der Waals surface area contributed by atoms with E-state index in [0.29, 0.717) is 18.8 Å². The summed E-state index contributed by atoms with van der Waals surface area (Å²) < 4.78 is 22.8. The van der Waals surface area contributed by atoms with Crippen molar-refractivity contribution in [3.8, 4) is 0 Å². The third-order valence-electron chi connectivity index (χ3n) is 3.63. The molecular formula is C14H20N4O4S. The molecule has 1 aromatic rings. The van der Waals surface area contributed by atoms with Gasteiger partial charge in [-0.25, -0.2) is 13.6 Å². The Morgan fingerprint density at radius 1 is 1.39 bits per heavy atom. The molecule has 1 aliphatic rings. The van der Waals surface area contributed by atoms with Crippen molar-refractivity contribution >= 4 is 27.5 Å². The molecule has 1 fully saturated rings. The molecule has 0 radical (unpaired) electrons. The van der Waals surface area contributed by atoms with Crippen molar-refractivity contribution in [1.82, 2.24) is 10.6 Å². The molecule has 0 saturated carbocycles. The smallest absolute Gasteiger partial charge is 0.238 e. The number of likely N-dealkylation sites (N-methyl/N-ethyl adjacent to an activating group) is 1. The highest BCUT2D eigenvalue weighted by atomic mass is 32.2. The second-order valence-electron chi connectivity index (χ2n) is 5.34. The number of sulfonamides is 1. The zero-order valence-electron chi connectivity index (χ0n) is 12.8. The molecule has 126 valence electrons. The number of nitrogens with two attached hydrogens (primary N) is 1. The summed E-state index contributed by atoms with van der Waals surface area (Å²) in [6.45, 7) is 1.35. The van der Waals surface area contributed by atoms with Crippen LogP contribution in [-0.2, 0) is 19.6 Å². The Kier molecular flexibility index (Phi) is 5.34. The van der Waals surface area contributed by atoms with Gasteiger partial charge in [0.25, 0.3) is 0 Å². The molecule has 1 heterocycles. The minimum Gasteiger partial charge on any atom is -0.355 e. The predicted molar refractivity (Wildman–Crippen MR) is 85.2 cm³/mol. The Bertz CT molecular complexity index is 704. The van der Waals surface area contributed by atoms with E-state index in [1.807, 2.05) is 0 Å². The molecule has 1 aliphatic heterocycles. The molecule has 0 aromatic heterocycles. The van der Waals surface area contributed by atoms with E-state index in [1.165, 1.54) is 23.1 Å². The Labute approximate surface area is 135 Å². The van der Waals surface area contributed by atoms with Crippen molar-refractivity contribution in [1.29, 1.82) is 0 Å². The zero-order chi connectivity index (χ0) is 17.0. The van der Waals surface area contributed by atoms with Crippen LogP contribution in [0.3, 0.4) is 0 Å². The van der Waals surface area contributed by atoms with Crippen LogP contribution in [0.5, 0.6) is 0 Å². The first-order valence-corrected chi connectivity index (χ1v) is 8.73. The molecule has 1 atom stereocenters. The fourth-order valence-corrected chi connectivity index (χ4v) is 2.97. The lowest BCUT2D eigenvalue weighted by Gasteiger charge is -2.17. The first-order valence-electron chi connectivity index (χ1n) is 7.18. The molecule has 1 saturated heterocycles. The fourth-order valence-electron chi connectivity index (χ4n) is 2.42. The molecule has 23 heavy (non-hydrogen) atoms. The van der Waals surface area contributed by atoms with E-state index >= 15 is 0 Å². The molecular weight excluding hydrogens is 320 g/mol. The highest BCUT2D eigenvalue weighted by Crippen LogP contribution is 2.26. The maximum absolute atomic E-state index is 12.1. The standard InChI is InChI=1S/C14H20N4O4S/c1-16-5-6-17-14(20)10-7-13(19)18(9-10)11-3-2-4-12(8-11)23(15,21)22/h2-4,8,10,16H,5-7,9H2,1H3,(H,17,20)(H2,15,21,22). The van der Waals surface area contributed by atoms with E-state index in [4.69, 9.17) is 5.14 Å². The van der Waals surface area contributed by atoms with Gasteiger partial charge in [0.1, 0.15) is 0 Å². The first kappa shape index (κ1) is 17.4. The summed E-state index contributed by atoms with van der Waals surface area (Å²) in [4.78, 5) is 25.5. The summed E-state index contributed by atoms with van der Waals surface area (Å²) in [6.07, 6.45) is 0.102. The van der Waals surface area contributed by atoms with Crippen molar-refractivity contribution in [3.05, 3.63) is 24.3 Å². The Balaban J connectivity index is 2.10. The normalized spacial score (nSPS) is 18.3. The van der Waals surface area contributed by atoms with Crippen LogP contribution in [0.2, 0.25) is 0 Å². The van der Waals surface area contributed by atoms with E-state index in [0.717, 1.165) is 0 Å². The fraction of sp³-hybridized carbons (Fsp3) is 0.429. The van der Waals surface area contributed by atoms with Crippen LogP contribution < -0.4 is 20.7 Å². The van der Waals surface area contributed by atoms with Crippen LogP contribution in [0.15, 0.2) is 29.2 Å². The predicted octanol–water partition coefficient (Wildman–Crippen LogP) is -0.977. The molecule has 1 aromatic carbocycles. The number of rotatable bonds is 6. The zero-order valence-corrected chi connectivity index (χ0v) is 13.6. The van der Waals surface area contributed by atoms with Crippen LogP contribution in [0, 0.1) is 5.92 Å². The number of hydrogen-bond donors (Lipinski definition) is 3. The summed E-state index contributed by atoms with van der Waals surface area (Å²) in [6, 6.07) is 5.84. The Morgan fingerprint density at radius 3 is 2.78 bits per heavy atom. The van der Waals surface area contributed by atoms with Gasteiger partial charge < -0.3 is 15.5 Å². The topological polar surface area (TPSA) is 122 Å². The monoisotopic (exact) mass is 340 g/mol. The highest BCUT2D eigenvalue weighted by Gasteiger charge is 2.35. The van der Waals surface area contributed by atoms with Crippen LogP contribution >= 0.6 is 0 Å². The molecule has 9 heteroatoms. The van der Waals surface area contributed by atoms with Gasteiger partial charge in [0, 0.05) is 31.7 Å². The lowest BCUT2D eigenvalue weighted by Crippen LogP contribution is -2.36. The highest BCUT2D eigenvalue weighted by molar-refractivity contribution is 7.89. The van der Waals surface area contributed by atoms with Crippen molar-refractivity contribution in [2.75, 3.05) is 31.6 Å². The molecule has 2 rings (SSSR count). The number of anilines is 1. The average Bonchev–Trinajstić information content (AvgIpc) is 2.89. The molecule has 0 bridgehead atoms. The lowest BCUT2D eigenvalue weighted by atomic mass is 10.1. The van der Waals surface area contributed by atoms with Gasteiger partial charge in [-0.1, -0.05) is 6.07 Å². The summed E-state index contributed by atoms with van der Waals surface area (Å²) >= 11 is 0. The van der Waals surface area contributed by atoms with E-state index in [1.54, 1.807) is 13.1 Å². The largest absolute Gasteiger partial charge is 0.355 e. The number of carbonyl (C=O) groups excluding carboxylic acids is 2. The molecule has 8 nitrogen and oxygen atoms in total. The maximum Gasteiger partial charge on any atom is 0.238 e. The number of primary sulfonamides is 1. The maximum atomic E-state index is 12.1. The van der Waals surface area contributed by atoms with Crippen LogP contribution in [0.1, 0.15) is 6.42 Å². The summed E-state index contributed by atoms with van der Waals surface area (Å²) in [5.74, 6) is -0.846. The number of nitrogens with one attached hydrogen (secondary N) is 2. The van der Waals surface area contributed by atoms with Crippen molar-refractivity contribution < 1.29 is 18.0 Å². The summed E-state index contributed by atoms with van der Waals surface area (Å²) in [7, 11) is -2.06. The molecule has 0 aliphatic carbocycles. The van der Waals surface area contributed by atoms with E-state index in [9.17, 15) is 18.0 Å². The van der Waals surface area contributed by atoms with Crippen LogP contribution in [-0.4, -0.2) is 46.9 Å². The third kappa shape index (κ3) is 4.27. The minimum atomic E-state index is -3.84. The number of nitrogens with zero attached hydrogens (tertiary/aromatic N) is 1. The van der Waals surface area contributed by atoms with Gasteiger partial charge in [-0.15, -0.1) is 0 Å². The number of benzene rings is 1. The van der Waals surface area contributed by atoms with Gasteiger partial charge in [0.2, 0.25) is 21.8 Å². The van der Waals surface area contributed by atoms with Gasteiger partial charge in [-0.05, 0) is 25.2 Å². The molecule has 0 spiro atoms. The van der Waals surface area contributed by atoms with Crippen molar-refractivity contribution in [2.45, 2.75) is 11.3 Å². The van der Waals surface area contributed by atoms with E-state index in [2.05, 4.69) is 10.6 Å². The van der Waals surface area contributed by atoms with Crippen molar-refractivity contribution in [2.24, 2.45) is 11.1 Å². The molecule has 2 amide bonds. The van der Waals surface area contributed by atoms with Gasteiger partial charge >= 0.3 is 0 Å². The van der Waals surface area contributed by atoms with E-state index < -0.39 is 15.9 Å². The Morgan fingerprint density at radius 2 is 2.13 bits per heavy atom. The quantitative estimate of drug-likeness (QED) is 0.575. The number of amides is 2. The summed E-state index contributed by atoms with van der Waals surface area (Å²) in [5.41, 5.74) is 0.423. The van der Waals surface area contributed by atoms with Crippen molar-refractivity contribution in [3.63, 3.8) is 0 Å². The van der Waals surface area contributed by atoms with Crippen LogP contribution in [0.25, 0.3) is 0 Å². The van der Waals surface area contributed by atoms with E-state index in [-0.39, 0.29) is 29.7 Å². The summed E-state index contributed by atoms with van der Waals surface area (Å²) in [5, 5.41) is 10.8. The molecule has 1 unspecified atom stereocenters. The second-order valence-corrected chi connectivity index (χ2v) is 6.90. The van der Waals surface area contributed by atoms with Crippen LogP contribution in [0.4, 0.5) is 5.69 Å². The Hall–Kier alpha value is -1.97. The second kappa shape index (κ2) is 7.07. The molecule has 4 N–H and O–H groups in total. The SMILES string of the molecule is CNCCNC(=O)C1CC(=O)N(c2cccc(S(N)(=O)=O)c2)C1. The average molecular weight is 340 g/mol. The van der Waals surface area contributed by atoms with Gasteiger partial charge in [-0.3, -0.25) is 9.59 Å². The number of hydrogen-bond acceptors (Lipinski definition) is 5. The van der Waals surface area contributed by atoms with Gasteiger partial charge in [0.15, 0.2) is 0 Å². The van der Waals surface area contributed by atoms with Gasteiger partial charge in [-0.2, -0.15) is 0 Å². The lowest BCUT2D eigenvalue weighted by molar-refractivity contribution is -0.126. The first-order chi connectivity index (χ1) is 10.8. The third-order valence-corrected chi connectivity index (χ3v) is 4.54. The number of carbonyl (C=O) groups is 2. The minimum absolute atomic E-state index is 0.0651. The van der Waals surface area contributed by atoms with Gasteiger partial charge in [0.05, 0.1) is 10.8 Å².